The van der Waals surface area contributed by atoms with Crippen LogP contribution in [0.2, 0.25) is 0 Å². The van der Waals surface area contributed by atoms with Gasteiger partial charge in [-0.25, -0.2) is 14.9 Å². The number of hydrogen-bond donors (Lipinski definition) is 1. The van der Waals surface area contributed by atoms with Gasteiger partial charge < -0.3 is 9.30 Å². The van der Waals surface area contributed by atoms with Crippen LogP contribution in [0.1, 0.15) is 16.1 Å². The average Bonchev–Trinajstić information content (AvgIpc) is 2.94. The van der Waals surface area contributed by atoms with Crippen molar-refractivity contribution in [2.45, 2.75) is 6.18 Å². The van der Waals surface area contributed by atoms with Crippen LogP contribution in [0, 0.1) is 0 Å². The third-order valence-electron chi connectivity index (χ3n) is 3.30. The van der Waals surface area contributed by atoms with Crippen LogP contribution in [-0.4, -0.2) is 32.8 Å². The average molecular weight is 338 g/mol. The van der Waals surface area contributed by atoms with E-state index in [1.165, 1.54) is 23.0 Å². The molecule has 0 saturated heterocycles. The fourth-order valence-electron chi connectivity index (χ4n) is 2.15. The molecule has 0 fully saturated rings. The van der Waals surface area contributed by atoms with E-state index >= 15 is 0 Å². The van der Waals surface area contributed by atoms with Gasteiger partial charge in [-0.05, 0) is 12.1 Å². The van der Waals surface area contributed by atoms with E-state index in [-0.39, 0.29) is 22.5 Å². The summed E-state index contributed by atoms with van der Waals surface area (Å²) in [5, 5.41) is 5.96. The molecule has 1 N–H and O–H groups in total. The largest absolute Gasteiger partial charge is 0.465 e. The Hall–Kier alpha value is -3.17. The minimum atomic E-state index is -4.56. The van der Waals surface area contributed by atoms with Gasteiger partial charge in [0.15, 0.2) is 0 Å². The maximum Gasteiger partial charge on any atom is 0.433 e. The van der Waals surface area contributed by atoms with Gasteiger partial charge in [-0.3, -0.25) is 4.79 Å². The predicted octanol–water partition coefficient (Wildman–Crippen LogP) is 1.87. The van der Waals surface area contributed by atoms with Gasteiger partial charge in [0, 0.05) is 12.4 Å². The number of carbonyl (C=O) groups is 1. The number of carbonyl (C=O) groups excluding carboxylic acids is 1. The highest BCUT2D eigenvalue weighted by molar-refractivity contribution is 5.96. The van der Waals surface area contributed by atoms with Crippen molar-refractivity contribution in [3.8, 4) is 16.9 Å². The SMILES string of the molecule is COC(=O)c1cn(-c2ccc(C(F)(F)F)nc2)cc2c(=O)[nH]nc1-2. The molecule has 0 aliphatic carbocycles. The third-order valence-corrected chi connectivity index (χ3v) is 3.30. The first-order chi connectivity index (χ1) is 11.3. The number of fused-ring (bicyclic) bond motifs is 1. The number of aromatic nitrogens is 4. The summed E-state index contributed by atoms with van der Waals surface area (Å²) < 4.78 is 43.7. The molecular weight excluding hydrogens is 329 g/mol. The number of H-pyrrole nitrogens is 1. The highest BCUT2D eigenvalue weighted by Gasteiger charge is 2.32. The molecule has 0 aromatic carbocycles. The molecule has 7 nitrogen and oxygen atoms in total. The Morgan fingerprint density at radius 2 is 2.04 bits per heavy atom. The van der Waals surface area contributed by atoms with Crippen LogP contribution in [0.4, 0.5) is 13.2 Å². The smallest absolute Gasteiger partial charge is 0.433 e. The Bertz CT molecular complexity index is 928. The first-order valence-corrected chi connectivity index (χ1v) is 6.53. The van der Waals surface area contributed by atoms with Crippen molar-refractivity contribution >= 4 is 5.97 Å². The van der Waals surface area contributed by atoms with Gasteiger partial charge in [-0.1, -0.05) is 0 Å². The maximum absolute atomic E-state index is 12.6. The summed E-state index contributed by atoms with van der Waals surface area (Å²) >= 11 is 0. The Kier molecular flexibility index (Phi) is 3.59. The minimum absolute atomic E-state index is 0.00625. The zero-order chi connectivity index (χ0) is 17.5. The molecule has 2 aliphatic rings. The molecule has 3 heterocycles. The van der Waals surface area contributed by atoms with Crippen LogP contribution in [0.15, 0.2) is 35.5 Å². The summed E-state index contributed by atoms with van der Waals surface area (Å²) in [6.07, 6.45) is -0.923. The van der Waals surface area contributed by atoms with E-state index < -0.39 is 23.4 Å². The molecule has 0 atom stereocenters. The standard InChI is InChI=1S/C14H9F3N4O3/c1-24-13(23)9-6-21(5-8-11(9)19-20-12(8)22)7-2-3-10(18-4-7)14(15,16)17/h2-6H,1H3,(H,20,22). The lowest BCUT2D eigenvalue weighted by atomic mass is 10.1. The molecule has 10 heteroatoms. The zero-order valence-corrected chi connectivity index (χ0v) is 12.1. The predicted molar refractivity (Wildman–Crippen MR) is 74.9 cm³/mol. The van der Waals surface area contributed by atoms with E-state index in [0.717, 1.165) is 19.4 Å². The van der Waals surface area contributed by atoms with Crippen molar-refractivity contribution in [3.05, 3.63) is 52.3 Å². The second kappa shape index (κ2) is 5.48. The molecule has 2 aliphatic heterocycles. The fraction of sp³-hybridized carbons (Fsp3) is 0.143. The first-order valence-electron chi connectivity index (χ1n) is 6.53. The number of hydrogen-bond acceptors (Lipinski definition) is 5. The number of halogens is 3. The van der Waals surface area contributed by atoms with Gasteiger partial charge in [-0.15, -0.1) is 0 Å². The van der Waals surface area contributed by atoms with Gasteiger partial charge in [-0.2, -0.15) is 18.3 Å². The second-order valence-corrected chi connectivity index (χ2v) is 4.79. The Labute approximate surface area is 132 Å². The number of aromatic amines is 1. The molecule has 0 amide bonds. The molecule has 124 valence electrons. The number of pyridine rings is 2. The van der Waals surface area contributed by atoms with Gasteiger partial charge in [0.2, 0.25) is 0 Å². The van der Waals surface area contributed by atoms with Crippen molar-refractivity contribution in [2.75, 3.05) is 7.11 Å². The molecule has 0 saturated carbocycles. The third kappa shape index (κ3) is 2.62. The topological polar surface area (TPSA) is 89.9 Å². The molecule has 0 unspecified atom stereocenters. The Morgan fingerprint density at radius 1 is 1.29 bits per heavy atom. The van der Waals surface area contributed by atoms with Crippen molar-refractivity contribution < 1.29 is 22.7 Å². The molecular formula is C14H9F3N4O3. The van der Waals surface area contributed by atoms with E-state index in [9.17, 15) is 22.8 Å². The number of rotatable bonds is 2. The second-order valence-electron chi connectivity index (χ2n) is 4.79. The number of esters is 1. The van der Waals surface area contributed by atoms with Crippen molar-refractivity contribution in [1.82, 2.24) is 19.7 Å². The number of nitrogens with zero attached hydrogens (tertiary/aromatic N) is 3. The van der Waals surface area contributed by atoms with E-state index in [0.29, 0.717) is 0 Å². The summed E-state index contributed by atoms with van der Waals surface area (Å²) in [6.45, 7) is 0. The normalized spacial score (nSPS) is 11.7. The van der Waals surface area contributed by atoms with Gasteiger partial charge in [0.1, 0.15) is 17.0 Å². The van der Waals surface area contributed by atoms with Crippen LogP contribution in [0.25, 0.3) is 16.9 Å². The zero-order valence-electron chi connectivity index (χ0n) is 12.1. The monoisotopic (exact) mass is 338 g/mol. The lowest BCUT2D eigenvalue weighted by Gasteiger charge is -2.12. The molecule has 1 aromatic heterocycles. The molecule has 24 heavy (non-hydrogen) atoms. The number of nitrogens with one attached hydrogen (secondary N) is 1. The van der Waals surface area contributed by atoms with E-state index in [1.807, 2.05) is 0 Å². The highest BCUT2D eigenvalue weighted by Crippen LogP contribution is 2.28. The lowest BCUT2D eigenvalue weighted by molar-refractivity contribution is -0.141. The first kappa shape index (κ1) is 15.7. The van der Waals surface area contributed by atoms with Crippen LogP contribution in [-0.2, 0) is 10.9 Å². The molecule has 3 rings (SSSR count). The van der Waals surface area contributed by atoms with Crippen molar-refractivity contribution in [3.63, 3.8) is 0 Å². The van der Waals surface area contributed by atoms with Crippen LogP contribution in [0.3, 0.4) is 0 Å². The van der Waals surface area contributed by atoms with Gasteiger partial charge >= 0.3 is 12.1 Å². The summed E-state index contributed by atoms with van der Waals surface area (Å²) in [7, 11) is 1.16. The summed E-state index contributed by atoms with van der Waals surface area (Å²) in [5.41, 5.74) is -1.15. The van der Waals surface area contributed by atoms with E-state index in [4.69, 9.17) is 0 Å². The number of alkyl halides is 3. The number of ether oxygens (including phenoxy) is 1. The highest BCUT2D eigenvalue weighted by atomic mass is 19.4. The molecule has 0 radical (unpaired) electrons. The summed E-state index contributed by atoms with van der Waals surface area (Å²) in [4.78, 5) is 27.0. The minimum Gasteiger partial charge on any atom is -0.465 e. The lowest BCUT2D eigenvalue weighted by Crippen LogP contribution is -2.12. The Balaban J connectivity index is 2.16. The van der Waals surface area contributed by atoms with E-state index in [1.54, 1.807) is 0 Å². The van der Waals surface area contributed by atoms with Gasteiger partial charge in [0.25, 0.3) is 5.56 Å². The maximum atomic E-state index is 12.6. The molecule has 0 bridgehead atoms. The van der Waals surface area contributed by atoms with Crippen molar-refractivity contribution in [2.24, 2.45) is 0 Å². The van der Waals surface area contributed by atoms with Gasteiger partial charge in [0.05, 0.1) is 24.6 Å². The van der Waals surface area contributed by atoms with Crippen LogP contribution in [0.5, 0.6) is 0 Å². The molecule has 0 spiro atoms. The number of methoxy groups -OCH3 is 1. The summed E-state index contributed by atoms with van der Waals surface area (Å²) in [6, 6.07) is 1.98. The van der Waals surface area contributed by atoms with Crippen LogP contribution >= 0.6 is 0 Å². The molecule has 1 aromatic rings. The fourth-order valence-corrected chi connectivity index (χ4v) is 2.15. The Morgan fingerprint density at radius 3 is 2.62 bits per heavy atom. The quantitative estimate of drug-likeness (QED) is 0.721. The van der Waals surface area contributed by atoms with E-state index in [2.05, 4.69) is 19.9 Å². The van der Waals surface area contributed by atoms with Crippen LogP contribution < -0.4 is 5.56 Å². The summed E-state index contributed by atoms with van der Waals surface area (Å²) in [5.74, 6) is -0.735. The van der Waals surface area contributed by atoms with Crippen molar-refractivity contribution in [1.29, 1.82) is 0 Å².